The molecule has 1 rings (SSSR count). The fourth-order valence-corrected chi connectivity index (χ4v) is 0.721. The molecule has 1 aliphatic rings. The van der Waals surface area contributed by atoms with Crippen LogP contribution < -0.4 is 0 Å². The van der Waals surface area contributed by atoms with Gasteiger partial charge in [0.05, 0.1) is 0 Å². The largest absolute Gasteiger partial charge is 0.297 e. The van der Waals surface area contributed by atoms with Gasteiger partial charge in [0.1, 0.15) is 0 Å². The molecule has 0 radical (unpaired) electrons. The van der Waals surface area contributed by atoms with Gasteiger partial charge in [-0.1, -0.05) is 13.8 Å². The lowest BCUT2D eigenvalue weighted by atomic mass is 10.2. The van der Waals surface area contributed by atoms with Crippen molar-refractivity contribution in [2.45, 2.75) is 26.7 Å². The highest BCUT2D eigenvalue weighted by Crippen LogP contribution is 2.28. The summed E-state index contributed by atoms with van der Waals surface area (Å²) < 4.78 is 0. The van der Waals surface area contributed by atoms with Crippen LogP contribution in [0, 0.1) is 11.8 Å². The summed E-state index contributed by atoms with van der Waals surface area (Å²) >= 11 is 0. The summed E-state index contributed by atoms with van der Waals surface area (Å²) in [6.45, 7) is 5.41. The number of aliphatic imine (C=N–C) groups is 1. The molecule has 1 saturated carbocycles. The lowest BCUT2D eigenvalue weighted by Crippen LogP contribution is -1.90. The molecule has 1 heteroatoms. The van der Waals surface area contributed by atoms with E-state index in [0.29, 0.717) is 5.92 Å². The van der Waals surface area contributed by atoms with Crippen LogP contribution in [0.15, 0.2) is 4.99 Å². The third kappa shape index (κ3) is 3.28. The quantitative estimate of drug-likeness (QED) is 0.512. The van der Waals surface area contributed by atoms with Crippen LogP contribution in [0.5, 0.6) is 0 Å². The third-order valence-electron chi connectivity index (χ3n) is 1.46. The molecule has 1 nitrogen and oxygen atoms in total. The molecule has 9 heavy (non-hydrogen) atoms. The SMILES string of the molecule is CC(C)C=NCC1CC1. The molecule has 0 aromatic heterocycles. The maximum Gasteiger partial charge on any atom is 0.0413 e. The van der Waals surface area contributed by atoms with Crippen LogP contribution in [-0.4, -0.2) is 12.8 Å². The molecule has 0 unspecified atom stereocenters. The van der Waals surface area contributed by atoms with Crippen molar-refractivity contribution >= 4 is 6.21 Å². The minimum absolute atomic E-state index is 0.628. The molecule has 0 atom stereocenters. The van der Waals surface area contributed by atoms with Gasteiger partial charge in [0.2, 0.25) is 0 Å². The van der Waals surface area contributed by atoms with Crippen molar-refractivity contribution in [3.63, 3.8) is 0 Å². The summed E-state index contributed by atoms with van der Waals surface area (Å²) in [5, 5.41) is 0. The van der Waals surface area contributed by atoms with Crippen molar-refractivity contribution < 1.29 is 0 Å². The van der Waals surface area contributed by atoms with Crippen molar-refractivity contribution in [3.8, 4) is 0 Å². The minimum atomic E-state index is 0.628. The first-order valence-corrected chi connectivity index (χ1v) is 3.79. The Morgan fingerprint density at radius 2 is 2.22 bits per heavy atom. The van der Waals surface area contributed by atoms with Gasteiger partial charge in [-0.15, -0.1) is 0 Å². The topological polar surface area (TPSA) is 12.4 Å². The van der Waals surface area contributed by atoms with E-state index in [-0.39, 0.29) is 0 Å². The Labute approximate surface area is 57.2 Å². The van der Waals surface area contributed by atoms with E-state index in [1.807, 2.05) is 0 Å². The predicted molar refractivity (Wildman–Crippen MR) is 40.9 cm³/mol. The predicted octanol–water partition coefficient (Wildman–Crippen LogP) is 2.12. The molecule has 0 bridgehead atoms. The van der Waals surface area contributed by atoms with Gasteiger partial charge in [-0.25, -0.2) is 0 Å². The van der Waals surface area contributed by atoms with Crippen molar-refractivity contribution in [3.05, 3.63) is 0 Å². The molecule has 0 aromatic carbocycles. The van der Waals surface area contributed by atoms with Gasteiger partial charge in [0.25, 0.3) is 0 Å². The fraction of sp³-hybridized carbons (Fsp3) is 0.875. The molecule has 0 aromatic rings. The first kappa shape index (κ1) is 6.79. The number of hydrogen-bond donors (Lipinski definition) is 0. The maximum atomic E-state index is 4.31. The summed E-state index contributed by atoms with van der Waals surface area (Å²) in [6.07, 6.45) is 4.88. The molecule has 0 saturated heterocycles. The second-order valence-electron chi connectivity index (χ2n) is 3.20. The molecule has 1 fully saturated rings. The molecule has 52 valence electrons. The van der Waals surface area contributed by atoms with Crippen LogP contribution in [0.4, 0.5) is 0 Å². The van der Waals surface area contributed by atoms with E-state index < -0.39 is 0 Å². The Morgan fingerprint density at radius 3 is 2.67 bits per heavy atom. The zero-order chi connectivity index (χ0) is 6.69. The van der Waals surface area contributed by atoms with Crippen LogP contribution in [0.2, 0.25) is 0 Å². The summed E-state index contributed by atoms with van der Waals surface area (Å²) in [5.41, 5.74) is 0. The first-order valence-electron chi connectivity index (χ1n) is 3.79. The van der Waals surface area contributed by atoms with Crippen LogP contribution in [0.1, 0.15) is 26.7 Å². The molecule has 0 spiro atoms. The van der Waals surface area contributed by atoms with Gasteiger partial charge in [-0.05, 0) is 24.7 Å². The van der Waals surface area contributed by atoms with Gasteiger partial charge in [0.15, 0.2) is 0 Å². The Morgan fingerprint density at radius 1 is 1.56 bits per heavy atom. The molecule has 0 amide bonds. The number of hydrogen-bond acceptors (Lipinski definition) is 1. The molecule has 1 aliphatic carbocycles. The van der Waals surface area contributed by atoms with Gasteiger partial charge < -0.3 is 0 Å². The molecule has 0 N–H and O–H groups in total. The number of nitrogens with zero attached hydrogens (tertiary/aromatic N) is 1. The Bertz CT molecular complexity index is 101. The zero-order valence-corrected chi connectivity index (χ0v) is 6.30. The summed E-state index contributed by atoms with van der Waals surface area (Å²) in [7, 11) is 0. The van der Waals surface area contributed by atoms with E-state index in [1.54, 1.807) is 0 Å². The Hall–Kier alpha value is -0.330. The van der Waals surface area contributed by atoms with Crippen molar-refractivity contribution in [2.75, 3.05) is 6.54 Å². The van der Waals surface area contributed by atoms with E-state index in [4.69, 9.17) is 0 Å². The van der Waals surface area contributed by atoms with E-state index in [1.165, 1.54) is 12.8 Å². The van der Waals surface area contributed by atoms with Crippen LogP contribution >= 0.6 is 0 Å². The highest BCUT2D eigenvalue weighted by Gasteiger charge is 2.19. The van der Waals surface area contributed by atoms with Gasteiger partial charge in [-0.2, -0.15) is 0 Å². The average molecular weight is 125 g/mol. The van der Waals surface area contributed by atoms with Crippen molar-refractivity contribution in [1.82, 2.24) is 0 Å². The summed E-state index contributed by atoms with van der Waals surface area (Å²) in [4.78, 5) is 4.31. The van der Waals surface area contributed by atoms with E-state index in [0.717, 1.165) is 12.5 Å². The second kappa shape index (κ2) is 3.00. The highest BCUT2D eigenvalue weighted by molar-refractivity contribution is 5.59. The monoisotopic (exact) mass is 125 g/mol. The van der Waals surface area contributed by atoms with Crippen LogP contribution in [-0.2, 0) is 0 Å². The average Bonchev–Trinajstić information content (AvgIpc) is 2.48. The van der Waals surface area contributed by atoms with E-state index in [2.05, 4.69) is 25.1 Å². The van der Waals surface area contributed by atoms with Gasteiger partial charge in [-0.3, -0.25) is 4.99 Å². The summed E-state index contributed by atoms with van der Waals surface area (Å²) in [5.74, 6) is 1.57. The summed E-state index contributed by atoms with van der Waals surface area (Å²) in [6, 6.07) is 0. The third-order valence-corrected chi connectivity index (χ3v) is 1.46. The van der Waals surface area contributed by atoms with E-state index >= 15 is 0 Å². The van der Waals surface area contributed by atoms with Crippen LogP contribution in [0.3, 0.4) is 0 Å². The Balaban J connectivity index is 2.01. The highest BCUT2D eigenvalue weighted by atomic mass is 14.7. The molecular weight excluding hydrogens is 110 g/mol. The van der Waals surface area contributed by atoms with Crippen molar-refractivity contribution in [1.29, 1.82) is 0 Å². The second-order valence-corrected chi connectivity index (χ2v) is 3.20. The van der Waals surface area contributed by atoms with Crippen LogP contribution in [0.25, 0.3) is 0 Å². The number of rotatable bonds is 3. The van der Waals surface area contributed by atoms with Crippen molar-refractivity contribution in [2.24, 2.45) is 16.8 Å². The van der Waals surface area contributed by atoms with Gasteiger partial charge >= 0.3 is 0 Å². The first-order chi connectivity index (χ1) is 4.29. The fourth-order valence-electron chi connectivity index (χ4n) is 0.721. The minimum Gasteiger partial charge on any atom is -0.297 e. The normalized spacial score (nSPS) is 19.9. The van der Waals surface area contributed by atoms with E-state index in [9.17, 15) is 0 Å². The molecule has 0 aliphatic heterocycles. The Kier molecular flexibility index (Phi) is 2.26. The lowest BCUT2D eigenvalue weighted by Gasteiger charge is -1.91. The zero-order valence-electron chi connectivity index (χ0n) is 6.30. The maximum absolute atomic E-state index is 4.31. The smallest absolute Gasteiger partial charge is 0.0413 e. The van der Waals surface area contributed by atoms with Gasteiger partial charge in [0, 0.05) is 12.8 Å². The molecular formula is C8H15N. The lowest BCUT2D eigenvalue weighted by molar-refractivity contribution is 0.828. The standard InChI is InChI=1S/C8H15N/c1-7(2)5-9-6-8-3-4-8/h5,7-8H,3-4,6H2,1-2H3. The molecule has 0 heterocycles.